The minimum atomic E-state index is -0.174. The first kappa shape index (κ1) is 15.4. The summed E-state index contributed by atoms with van der Waals surface area (Å²) in [5, 5.41) is 6.04. The maximum absolute atomic E-state index is 12.3. The molecule has 4 nitrogen and oxygen atoms in total. The van der Waals surface area contributed by atoms with Gasteiger partial charge in [0.25, 0.3) is 0 Å². The van der Waals surface area contributed by atoms with Gasteiger partial charge in [0.1, 0.15) is 0 Å². The van der Waals surface area contributed by atoms with E-state index in [9.17, 15) is 4.79 Å². The molecule has 0 saturated carbocycles. The van der Waals surface area contributed by atoms with Crippen molar-refractivity contribution in [2.75, 3.05) is 25.6 Å². The quantitative estimate of drug-likeness (QED) is 0.734. The summed E-state index contributed by atoms with van der Waals surface area (Å²) in [6.07, 6.45) is 0. The van der Waals surface area contributed by atoms with Gasteiger partial charge in [0.15, 0.2) is 0 Å². The van der Waals surface area contributed by atoms with E-state index in [2.05, 4.69) is 58.4 Å². The molecule has 2 N–H and O–H groups in total. The number of benzene rings is 1. The largest absolute Gasteiger partial charge is 0.379 e. The molecule has 104 valence electrons. The molecule has 1 aromatic carbocycles. The third-order valence-corrected chi connectivity index (χ3v) is 4.75. The number of carbonyl (C=O) groups is 1. The van der Waals surface area contributed by atoms with Crippen LogP contribution in [0.4, 0.5) is 5.69 Å². The molecule has 1 aromatic rings. The van der Waals surface area contributed by atoms with E-state index in [1.807, 2.05) is 19.2 Å². The van der Waals surface area contributed by atoms with Gasteiger partial charge < -0.3 is 15.4 Å². The zero-order valence-corrected chi connectivity index (χ0v) is 14.9. The van der Waals surface area contributed by atoms with Gasteiger partial charge in [-0.3, -0.25) is 4.79 Å². The molecule has 0 aliphatic carbocycles. The monoisotopic (exact) mass is 454 g/mol. The van der Waals surface area contributed by atoms with Crippen molar-refractivity contribution in [3.05, 3.63) is 25.6 Å². The Morgan fingerprint density at radius 3 is 2.47 bits per heavy atom. The highest BCUT2D eigenvalue weighted by atomic mass is 79.9. The number of likely N-dealkylation sites (N-methyl/N-ethyl adjacent to an activating group) is 1. The highest BCUT2D eigenvalue weighted by molar-refractivity contribution is 9.11. The van der Waals surface area contributed by atoms with Crippen LogP contribution in [0.15, 0.2) is 25.6 Å². The second kappa shape index (κ2) is 6.67. The van der Waals surface area contributed by atoms with E-state index in [0.29, 0.717) is 13.2 Å². The molecule has 1 aliphatic rings. The zero-order valence-electron chi connectivity index (χ0n) is 10.2. The van der Waals surface area contributed by atoms with Gasteiger partial charge in [0, 0.05) is 19.5 Å². The molecular formula is C12H13Br3N2O2. The number of anilines is 1. The van der Waals surface area contributed by atoms with Crippen molar-refractivity contribution in [3.8, 4) is 0 Å². The first-order chi connectivity index (χ1) is 9.02. The van der Waals surface area contributed by atoms with Gasteiger partial charge in [0.05, 0.1) is 24.8 Å². The van der Waals surface area contributed by atoms with Gasteiger partial charge in [-0.25, -0.2) is 0 Å². The second-order valence-corrected chi connectivity index (χ2v) is 6.90. The highest BCUT2D eigenvalue weighted by Crippen LogP contribution is 2.34. The number of nitrogens with one attached hydrogen (secondary N) is 2. The number of ether oxygens (including phenoxy) is 1. The Morgan fingerprint density at radius 2 is 1.89 bits per heavy atom. The van der Waals surface area contributed by atoms with Gasteiger partial charge in [-0.15, -0.1) is 0 Å². The molecule has 2 atom stereocenters. The van der Waals surface area contributed by atoms with E-state index in [-0.39, 0.29) is 17.9 Å². The van der Waals surface area contributed by atoms with Crippen molar-refractivity contribution in [1.82, 2.24) is 5.32 Å². The van der Waals surface area contributed by atoms with E-state index in [0.717, 1.165) is 19.1 Å². The van der Waals surface area contributed by atoms with Gasteiger partial charge in [0.2, 0.25) is 5.91 Å². The average molecular weight is 457 g/mol. The number of hydrogen-bond acceptors (Lipinski definition) is 3. The smallest absolute Gasteiger partial charge is 0.231 e. The van der Waals surface area contributed by atoms with Crippen molar-refractivity contribution in [2.45, 2.75) is 6.04 Å². The Balaban J connectivity index is 2.15. The first-order valence-electron chi connectivity index (χ1n) is 5.73. The van der Waals surface area contributed by atoms with Gasteiger partial charge in [-0.1, -0.05) is 15.9 Å². The van der Waals surface area contributed by atoms with Crippen molar-refractivity contribution in [1.29, 1.82) is 0 Å². The van der Waals surface area contributed by atoms with Crippen LogP contribution >= 0.6 is 47.8 Å². The van der Waals surface area contributed by atoms with Crippen LogP contribution < -0.4 is 10.6 Å². The minimum absolute atomic E-state index is 0.0411. The molecule has 1 saturated heterocycles. The fraction of sp³-hybridized carbons (Fsp3) is 0.417. The van der Waals surface area contributed by atoms with Crippen LogP contribution in [0.2, 0.25) is 0 Å². The molecule has 1 amide bonds. The van der Waals surface area contributed by atoms with Crippen molar-refractivity contribution in [2.24, 2.45) is 5.92 Å². The van der Waals surface area contributed by atoms with Crippen molar-refractivity contribution >= 4 is 59.4 Å². The summed E-state index contributed by atoms with van der Waals surface area (Å²) >= 11 is 10.3. The second-order valence-electron chi connectivity index (χ2n) is 4.27. The molecule has 0 radical (unpaired) electrons. The molecule has 19 heavy (non-hydrogen) atoms. The van der Waals surface area contributed by atoms with E-state index < -0.39 is 0 Å². The zero-order chi connectivity index (χ0) is 14.0. The Kier molecular flexibility index (Phi) is 5.42. The number of amides is 1. The minimum Gasteiger partial charge on any atom is -0.379 e. The lowest BCUT2D eigenvalue weighted by Gasteiger charge is -2.18. The van der Waals surface area contributed by atoms with Crippen LogP contribution in [-0.2, 0) is 9.53 Å². The molecule has 1 aliphatic heterocycles. The molecule has 0 spiro atoms. The molecule has 0 bridgehead atoms. The Bertz CT molecular complexity index is 473. The fourth-order valence-corrected chi connectivity index (χ4v) is 4.43. The van der Waals surface area contributed by atoms with Crippen LogP contribution in [0.1, 0.15) is 0 Å². The third-order valence-electron chi connectivity index (χ3n) is 3.04. The van der Waals surface area contributed by atoms with E-state index in [4.69, 9.17) is 4.74 Å². The van der Waals surface area contributed by atoms with Crippen molar-refractivity contribution < 1.29 is 9.53 Å². The van der Waals surface area contributed by atoms with Gasteiger partial charge in [-0.05, 0) is 51.0 Å². The lowest BCUT2D eigenvalue weighted by atomic mass is 10.0. The SMILES string of the molecule is CNC1COCC1C(=O)Nc1c(Br)cc(Br)cc1Br. The predicted octanol–water partition coefficient (Wildman–Crippen LogP) is 3.15. The Labute approximate surface area is 137 Å². The van der Waals surface area contributed by atoms with E-state index >= 15 is 0 Å². The van der Waals surface area contributed by atoms with Gasteiger partial charge in [-0.2, -0.15) is 0 Å². The number of hydrogen-bond donors (Lipinski definition) is 2. The molecule has 1 heterocycles. The van der Waals surface area contributed by atoms with Crippen molar-refractivity contribution in [3.63, 3.8) is 0 Å². The standard InChI is InChI=1S/C12H13Br3N2O2/c1-16-10-5-19-4-7(10)12(18)17-11-8(14)2-6(13)3-9(11)15/h2-3,7,10,16H,4-5H2,1H3,(H,17,18). The van der Waals surface area contributed by atoms with E-state index in [1.54, 1.807) is 0 Å². The van der Waals surface area contributed by atoms with Crippen LogP contribution in [0.3, 0.4) is 0 Å². The predicted molar refractivity (Wildman–Crippen MR) is 85.3 cm³/mol. The maximum atomic E-state index is 12.3. The summed E-state index contributed by atoms with van der Waals surface area (Å²) in [5.41, 5.74) is 0.731. The molecule has 2 unspecified atom stereocenters. The normalized spacial score (nSPS) is 22.5. The summed E-state index contributed by atoms with van der Waals surface area (Å²) < 4.78 is 7.92. The van der Waals surface area contributed by atoms with Gasteiger partial charge >= 0.3 is 0 Å². The Morgan fingerprint density at radius 1 is 1.26 bits per heavy atom. The third kappa shape index (κ3) is 3.58. The highest BCUT2D eigenvalue weighted by Gasteiger charge is 2.33. The van der Waals surface area contributed by atoms with Crippen LogP contribution in [0.5, 0.6) is 0 Å². The van der Waals surface area contributed by atoms with Crippen LogP contribution in [0.25, 0.3) is 0 Å². The number of carbonyl (C=O) groups excluding carboxylic acids is 1. The first-order valence-corrected chi connectivity index (χ1v) is 8.11. The summed E-state index contributed by atoms with van der Waals surface area (Å²) in [6.45, 7) is 1.01. The average Bonchev–Trinajstić information content (AvgIpc) is 2.81. The lowest BCUT2D eigenvalue weighted by molar-refractivity contribution is -0.120. The number of rotatable bonds is 3. The lowest BCUT2D eigenvalue weighted by Crippen LogP contribution is -2.39. The summed E-state index contributed by atoms with van der Waals surface area (Å²) in [5.74, 6) is -0.215. The number of halogens is 3. The maximum Gasteiger partial charge on any atom is 0.231 e. The fourth-order valence-electron chi connectivity index (χ4n) is 1.97. The summed E-state index contributed by atoms with van der Waals surface area (Å²) in [7, 11) is 1.84. The van der Waals surface area contributed by atoms with Crippen LogP contribution in [-0.4, -0.2) is 32.2 Å². The van der Waals surface area contributed by atoms with E-state index in [1.165, 1.54) is 0 Å². The van der Waals surface area contributed by atoms with Crippen LogP contribution in [0, 0.1) is 5.92 Å². The molecule has 7 heteroatoms. The molecular weight excluding hydrogens is 444 g/mol. The summed E-state index contributed by atoms with van der Waals surface area (Å²) in [6, 6.07) is 3.84. The topological polar surface area (TPSA) is 50.4 Å². The molecule has 2 rings (SSSR count). The Hall–Kier alpha value is 0.0500. The molecule has 0 aromatic heterocycles. The summed E-state index contributed by atoms with van der Waals surface area (Å²) in [4.78, 5) is 12.3. The molecule has 1 fully saturated rings.